The summed E-state index contributed by atoms with van der Waals surface area (Å²) in [6.45, 7) is 3.36. The van der Waals surface area contributed by atoms with Crippen LogP contribution >= 0.6 is 23.1 Å². The van der Waals surface area contributed by atoms with Crippen molar-refractivity contribution >= 4 is 34.9 Å². The number of hydrogen-bond donors (Lipinski definition) is 2. The number of halogens is 1. The fourth-order valence-electron chi connectivity index (χ4n) is 3.25. The number of carbonyl (C=O) groups is 2. The molecule has 0 bridgehead atoms. The SMILES string of the molecule is NC(=O)Cc1csc(SCC(=O)NC[C@H]2CN(CC3C=C(F)C=CC3)CCO2)n1. The Morgan fingerprint density at radius 2 is 2.34 bits per heavy atom. The highest BCUT2D eigenvalue weighted by molar-refractivity contribution is 8.01. The second kappa shape index (κ2) is 10.9. The summed E-state index contributed by atoms with van der Waals surface area (Å²) >= 11 is 2.72. The molecular weight excluding hydrogens is 415 g/mol. The van der Waals surface area contributed by atoms with Gasteiger partial charge in [0.25, 0.3) is 0 Å². The van der Waals surface area contributed by atoms with Gasteiger partial charge in [0.1, 0.15) is 5.83 Å². The maximum Gasteiger partial charge on any atom is 0.230 e. The molecule has 2 amide bonds. The zero-order valence-electron chi connectivity index (χ0n) is 16.0. The fourth-order valence-corrected chi connectivity index (χ4v) is 4.93. The number of amides is 2. The molecule has 158 valence electrons. The summed E-state index contributed by atoms with van der Waals surface area (Å²) in [7, 11) is 0. The predicted molar refractivity (Wildman–Crippen MR) is 111 cm³/mol. The molecule has 1 aliphatic carbocycles. The van der Waals surface area contributed by atoms with Crippen LogP contribution in [-0.4, -0.2) is 66.3 Å². The van der Waals surface area contributed by atoms with Crippen LogP contribution in [0.4, 0.5) is 4.39 Å². The third kappa shape index (κ3) is 7.54. The van der Waals surface area contributed by atoms with E-state index >= 15 is 0 Å². The van der Waals surface area contributed by atoms with E-state index in [0.717, 1.165) is 23.8 Å². The van der Waals surface area contributed by atoms with Crippen molar-refractivity contribution in [1.29, 1.82) is 0 Å². The number of aromatic nitrogens is 1. The molecule has 1 saturated heterocycles. The summed E-state index contributed by atoms with van der Waals surface area (Å²) in [4.78, 5) is 29.6. The Balaban J connectivity index is 1.35. The molecule has 2 atom stereocenters. The van der Waals surface area contributed by atoms with Crippen molar-refractivity contribution in [2.45, 2.75) is 23.3 Å². The lowest BCUT2D eigenvalue weighted by molar-refractivity contribution is -0.120. The Morgan fingerprint density at radius 1 is 1.48 bits per heavy atom. The third-order valence-electron chi connectivity index (χ3n) is 4.57. The number of ether oxygens (including phenoxy) is 1. The van der Waals surface area contributed by atoms with Crippen LogP contribution < -0.4 is 11.1 Å². The monoisotopic (exact) mass is 440 g/mol. The summed E-state index contributed by atoms with van der Waals surface area (Å²) in [6.07, 6.45) is 5.94. The molecule has 0 spiro atoms. The van der Waals surface area contributed by atoms with Gasteiger partial charge in [0.15, 0.2) is 4.34 Å². The number of thiazole rings is 1. The number of allylic oxidation sites excluding steroid dienone is 3. The van der Waals surface area contributed by atoms with Crippen LogP contribution in [0.15, 0.2) is 33.8 Å². The lowest BCUT2D eigenvalue weighted by atomic mass is 9.99. The van der Waals surface area contributed by atoms with E-state index in [9.17, 15) is 14.0 Å². The Hall–Kier alpha value is -1.75. The number of thioether (sulfide) groups is 1. The van der Waals surface area contributed by atoms with E-state index in [4.69, 9.17) is 10.5 Å². The number of rotatable bonds is 9. The van der Waals surface area contributed by atoms with Crippen molar-refractivity contribution in [3.63, 3.8) is 0 Å². The zero-order valence-corrected chi connectivity index (χ0v) is 17.6. The average molecular weight is 441 g/mol. The predicted octanol–water partition coefficient (Wildman–Crippen LogP) is 1.51. The van der Waals surface area contributed by atoms with Crippen LogP contribution in [0.5, 0.6) is 0 Å². The van der Waals surface area contributed by atoms with Crippen molar-refractivity contribution in [2.24, 2.45) is 11.7 Å². The van der Waals surface area contributed by atoms with E-state index in [-0.39, 0.29) is 35.9 Å². The standard InChI is InChI=1S/C19H25FN4O3S2/c20-14-3-1-2-13(6-14)9-24-4-5-27-16(10-24)8-22-18(26)12-29-19-23-15(11-28-19)7-17(21)25/h1,3,6,11,13,16H,2,4-5,7-10,12H2,(H2,21,25)(H,22,26)/t13?,16-/m0/s1. The van der Waals surface area contributed by atoms with Crippen molar-refractivity contribution in [2.75, 3.05) is 38.5 Å². The first-order chi connectivity index (χ1) is 14.0. The van der Waals surface area contributed by atoms with Gasteiger partial charge in [0.05, 0.1) is 30.6 Å². The van der Waals surface area contributed by atoms with Crippen LogP contribution in [0.1, 0.15) is 12.1 Å². The second-order valence-electron chi connectivity index (χ2n) is 7.04. The molecule has 2 aliphatic rings. The van der Waals surface area contributed by atoms with E-state index in [0.29, 0.717) is 25.4 Å². The Bertz CT molecular complexity index is 783. The number of nitrogens with zero attached hydrogens (tertiary/aromatic N) is 2. The van der Waals surface area contributed by atoms with E-state index in [1.54, 1.807) is 11.5 Å². The molecule has 1 aromatic heterocycles. The highest BCUT2D eigenvalue weighted by Crippen LogP contribution is 2.23. The van der Waals surface area contributed by atoms with Gasteiger partial charge in [-0.15, -0.1) is 11.3 Å². The first-order valence-corrected chi connectivity index (χ1v) is 11.3. The van der Waals surface area contributed by atoms with Crippen molar-refractivity contribution in [3.05, 3.63) is 35.1 Å². The van der Waals surface area contributed by atoms with Crippen LogP contribution in [0.2, 0.25) is 0 Å². The van der Waals surface area contributed by atoms with Crippen molar-refractivity contribution < 1.29 is 18.7 Å². The van der Waals surface area contributed by atoms with Gasteiger partial charge in [0.2, 0.25) is 11.8 Å². The van der Waals surface area contributed by atoms with Crippen molar-refractivity contribution in [3.8, 4) is 0 Å². The number of hydrogen-bond acceptors (Lipinski definition) is 7. The molecule has 1 fully saturated rings. The zero-order chi connectivity index (χ0) is 20.6. The number of nitrogens with two attached hydrogens (primary N) is 1. The van der Waals surface area contributed by atoms with Gasteiger partial charge in [0, 0.05) is 31.6 Å². The Labute approximate surface area is 177 Å². The normalized spacial score (nSPS) is 22.3. The molecule has 29 heavy (non-hydrogen) atoms. The number of morpholine rings is 1. The van der Waals surface area contributed by atoms with E-state index in [1.807, 2.05) is 6.08 Å². The molecule has 3 N–H and O–H groups in total. The number of primary amides is 1. The maximum absolute atomic E-state index is 13.4. The van der Waals surface area contributed by atoms with Gasteiger partial charge < -0.3 is 15.8 Å². The molecule has 1 aromatic rings. The highest BCUT2D eigenvalue weighted by Gasteiger charge is 2.23. The maximum atomic E-state index is 13.4. The summed E-state index contributed by atoms with van der Waals surface area (Å²) in [5.74, 6) is -0.254. The molecule has 1 unspecified atom stereocenters. The first-order valence-electron chi connectivity index (χ1n) is 9.48. The molecule has 0 saturated carbocycles. The van der Waals surface area contributed by atoms with Crippen LogP contribution in [0.3, 0.4) is 0 Å². The quantitative estimate of drug-likeness (QED) is 0.565. The smallest absolute Gasteiger partial charge is 0.230 e. The van der Waals surface area contributed by atoms with Gasteiger partial charge in [-0.05, 0) is 24.5 Å². The minimum absolute atomic E-state index is 0.0762. The molecule has 10 heteroatoms. The van der Waals surface area contributed by atoms with E-state index < -0.39 is 5.91 Å². The molecule has 7 nitrogen and oxygen atoms in total. The molecular formula is C19H25FN4O3S2. The van der Waals surface area contributed by atoms with Gasteiger partial charge in [-0.2, -0.15) is 0 Å². The van der Waals surface area contributed by atoms with Crippen LogP contribution in [0, 0.1) is 5.92 Å². The number of nitrogens with one attached hydrogen (secondary N) is 1. The molecule has 1 aliphatic heterocycles. The molecule has 0 radical (unpaired) electrons. The van der Waals surface area contributed by atoms with Gasteiger partial charge in [-0.1, -0.05) is 17.8 Å². The molecule has 3 rings (SSSR count). The van der Waals surface area contributed by atoms with Crippen molar-refractivity contribution in [1.82, 2.24) is 15.2 Å². The van der Waals surface area contributed by atoms with Crippen LogP contribution in [-0.2, 0) is 20.7 Å². The van der Waals surface area contributed by atoms with E-state index in [2.05, 4.69) is 15.2 Å². The summed E-state index contributed by atoms with van der Waals surface area (Å²) in [5.41, 5.74) is 5.78. The highest BCUT2D eigenvalue weighted by atomic mass is 32.2. The largest absolute Gasteiger partial charge is 0.374 e. The minimum atomic E-state index is -0.424. The summed E-state index contributed by atoms with van der Waals surface area (Å²) in [6, 6.07) is 0. The number of carbonyl (C=O) groups excluding carboxylic acids is 2. The molecule has 0 aromatic carbocycles. The third-order valence-corrected chi connectivity index (χ3v) is 6.64. The Morgan fingerprint density at radius 3 is 3.14 bits per heavy atom. The summed E-state index contributed by atoms with van der Waals surface area (Å²) in [5, 5.41) is 4.68. The Kier molecular flexibility index (Phi) is 8.22. The fraction of sp³-hybridized carbons (Fsp3) is 0.526. The molecule has 2 heterocycles. The van der Waals surface area contributed by atoms with E-state index in [1.165, 1.54) is 29.2 Å². The topological polar surface area (TPSA) is 97.5 Å². The average Bonchev–Trinajstić information content (AvgIpc) is 3.12. The lowest BCUT2D eigenvalue weighted by Gasteiger charge is -2.34. The van der Waals surface area contributed by atoms with Gasteiger partial charge in [-0.25, -0.2) is 9.37 Å². The first kappa shape index (κ1) is 21.9. The lowest BCUT2D eigenvalue weighted by Crippen LogP contribution is -2.48. The van der Waals surface area contributed by atoms with Crippen LogP contribution in [0.25, 0.3) is 0 Å². The summed E-state index contributed by atoms with van der Waals surface area (Å²) < 4.78 is 19.9. The minimum Gasteiger partial charge on any atom is -0.374 e. The second-order valence-corrected chi connectivity index (χ2v) is 9.12. The van der Waals surface area contributed by atoms with Gasteiger partial charge >= 0.3 is 0 Å². The van der Waals surface area contributed by atoms with Gasteiger partial charge in [-0.3, -0.25) is 14.5 Å².